The molecule has 0 aromatic rings. The van der Waals surface area contributed by atoms with Crippen LogP contribution in [0.5, 0.6) is 0 Å². The van der Waals surface area contributed by atoms with Crippen LogP contribution in [0, 0.1) is 11.8 Å². The topological polar surface area (TPSA) is 56.5 Å². The number of rotatable bonds is 7. The predicted molar refractivity (Wildman–Crippen MR) is 61.3 cm³/mol. The van der Waals surface area contributed by atoms with E-state index in [0.717, 1.165) is 0 Å². The van der Waals surface area contributed by atoms with E-state index >= 15 is 0 Å². The maximum Gasteiger partial charge on any atom is 0.158 e. The van der Waals surface area contributed by atoms with Crippen molar-refractivity contribution in [3.8, 4) is 11.8 Å². The van der Waals surface area contributed by atoms with Gasteiger partial charge in [0.25, 0.3) is 0 Å². The van der Waals surface area contributed by atoms with Gasteiger partial charge in [0.15, 0.2) is 6.29 Å². The smallest absolute Gasteiger partial charge is 0.158 e. The first-order valence-electron chi connectivity index (χ1n) is 5.02. The van der Waals surface area contributed by atoms with Crippen molar-refractivity contribution in [3.05, 3.63) is 0 Å². The molecule has 0 saturated heterocycles. The molecule has 3 N–H and O–H groups in total. The summed E-state index contributed by atoms with van der Waals surface area (Å²) in [5.74, 6) is 5.78. The molecule has 0 rings (SSSR count). The van der Waals surface area contributed by atoms with Crippen LogP contribution in [0.2, 0.25) is 0 Å². The molecule has 0 aromatic carbocycles. The molecule has 0 fully saturated rings. The molecule has 0 aromatic heterocycles. The fourth-order valence-electron chi connectivity index (χ4n) is 1.20. The largest absolute Gasteiger partial charge is 0.356 e. The third kappa shape index (κ3) is 5.75. The van der Waals surface area contributed by atoms with Crippen LogP contribution in [-0.2, 0) is 9.47 Å². The van der Waals surface area contributed by atoms with Crippen LogP contribution in [0.4, 0.5) is 0 Å². The fraction of sp³-hybridized carbons (Fsp3) is 0.818. The number of nitrogens with two attached hydrogens (primary N) is 1. The first kappa shape index (κ1) is 14.4. The highest BCUT2D eigenvalue weighted by Crippen LogP contribution is 2.13. The Kier molecular flexibility index (Phi) is 7.35. The van der Waals surface area contributed by atoms with Gasteiger partial charge >= 0.3 is 0 Å². The molecule has 15 heavy (non-hydrogen) atoms. The van der Waals surface area contributed by atoms with Crippen molar-refractivity contribution in [3.63, 3.8) is 0 Å². The summed E-state index contributed by atoms with van der Waals surface area (Å²) in [6.45, 7) is 5.00. The van der Waals surface area contributed by atoms with E-state index < -0.39 is 0 Å². The van der Waals surface area contributed by atoms with Crippen molar-refractivity contribution < 1.29 is 9.47 Å². The number of methoxy groups -OCH3 is 2. The minimum absolute atomic E-state index is 0.208. The second kappa shape index (κ2) is 7.66. The van der Waals surface area contributed by atoms with Crippen molar-refractivity contribution in [1.82, 2.24) is 5.32 Å². The molecule has 0 bridgehead atoms. The predicted octanol–water partition coefficient (Wildman–Crippen LogP) is 0.326. The van der Waals surface area contributed by atoms with Crippen LogP contribution in [0.1, 0.15) is 20.3 Å². The molecular formula is C11H22N2O2. The van der Waals surface area contributed by atoms with Gasteiger partial charge in [0, 0.05) is 32.7 Å². The molecule has 0 amide bonds. The lowest BCUT2D eigenvalue weighted by atomic mass is 9.97. The summed E-state index contributed by atoms with van der Waals surface area (Å²) in [5, 5.41) is 3.29. The molecule has 0 aliphatic carbocycles. The average Bonchev–Trinajstić information content (AvgIpc) is 2.26. The van der Waals surface area contributed by atoms with Gasteiger partial charge in [-0.2, -0.15) is 0 Å². The lowest BCUT2D eigenvalue weighted by molar-refractivity contribution is -0.117. The second-order valence-electron chi connectivity index (χ2n) is 3.65. The van der Waals surface area contributed by atoms with E-state index in [-0.39, 0.29) is 11.8 Å². The summed E-state index contributed by atoms with van der Waals surface area (Å²) >= 11 is 0. The Bertz CT molecular complexity index is 218. The van der Waals surface area contributed by atoms with E-state index in [1.54, 1.807) is 14.2 Å². The fourth-order valence-corrected chi connectivity index (χ4v) is 1.20. The van der Waals surface area contributed by atoms with Crippen molar-refractivity contribution in [2.24, 2.45) is 5.73 Å². The summed E-state index contributed by atoms with van der Waals surface area (Å²) in [6.07, 6.45) is 0.461. The third-order valence-electron chi connectivity index (χ3n) is 2.37. The van der Waals surface area contributed by atoms with Crippen LogP contribution >= 0.6 is 0 Å². The molecule has 88 valence electrons. The monoisotopic (exact) mass is 214 g/mol. The van der Waals surface area contributed by atoms with E-state index in [1.165, 1.54) is 0 Å². The Morgan fingerprint density at radius 1 is 1.40 bits per heavy atom. The Morgan fingerprint density at radius 2 is 2.00 bits per heavy atom. The maximum absolute atomic E-state index is 5.73. The summed E-state index contributed by atoms with van der Waals surface area (Å²) in [4.78, 5) is 0. The SMILES string of the molecule is CC#CCNC(C)(CN)CC(OC)OC. The first-order valence-corrected chi connectivity index (χ1v) is 5.02. The molecule has 0 aliphatic heterocycles. The normalized spacial score (nSPS) is 14.5. The van der Waals surface area contributed by atoms with E-state index in [1.807, 2.05) is 13.8 Å². The molecule has 0 radical (unpaired) electrons. The van der Waals surface area contributed by atoms with Crippen molar-refractivity contribution >= 4 is 0 Å². The van der Waals surface area contributed by atoms with Crippen LogP contribution in [-0.4, -0.2) is 39.1 Å². The highest BCUT2D eigenvalue weighted by atomic mass is 16.7. The minimum Gasteiger partial charge on any atom is -0.356 e. The van der Waals surface area contributed by atoms with Crippen LogP contribution in [0.25, 0.3) is 0 Å². The second-order valence-corrected chi connectivity index (χ2v) is 3.65. The molecule has 0 saturated carbocycles. The van der Waals surface area contributed by atoms with Crippen LogP contribution < -0.4 is 11.1 Å². The van der Waals surface area contributed by atoms with Crippen molar-refractivity contribution in [2.45, 2.75) is 32.1 Å². The highest BCUT2D eigenvalue weighted by Gasteiger charge is 2.25. The lowest BCUT2D eigenvalue weighted by Gasteiger charge is -2.31. The van der Waals surface area contributed by atoms with Gasteiger partial charge < -0.3 is 15.2 Å². The Balaban J connectivity index is 4.19. The van der Waals surface area contributed by atoms with Gasteiger partial charge in [-0.05, 0) is 13.8 Å². The quantitative estimate of drug-likeness (QED) is 0.473. The summed E-state index contributed by atoms with van der Waals surface area (Å²) in [7, 11) is 3.24. The van der Waals surface area contributed by atoms with Gasteiger partial charge in [-0.1, -0.05) is 5.92 Å². The lowest BCUT2D eigenvalue weighted by Crippen LogP contribution is -2.51. The van der Waals surface area contributed by atoms with Gasteiger partial charge in [0.2, 0.25) is 0 Å². The molecule has 1 atom stereocenters. The van der Waals surface area contributed by atoms with Crippen molar-refractivity contribution in [2.75, 3.05) is 27.3 Å². The number of nitrogens with one attached hydrogen (secondary N) is 1. The summed E-state index contributed by atoms with van der Waals surface area (Å²) in [6, 6.07) is 0. The van der Waals surface area contributed by atoms with Crippen molar-refractivity contribution in [1.29, 1.82) is 0 Å². The summed E-state index contributed by atoms with van der Waals surface area (Å²) in [5.41, 5.74) is 5.52. The molecule has 4 heteroatoms. The Morgan fingerprint density at radius 3 is 2.40 bits per heavy atom. The van der Waals surface area contributed by atoms with E-state index in [4.69, 9.17) is 15.2 Å². The minimum atomic E-state index is -0.236. The van der Waals surface area contributed by atoms with E-state index in [0.29, 0.717) is 19.5 Å². The Labute approximate surface area is 92.5 Å². The third-order valence-corrected chi connectivity index (χ3v) is 2.37. The van der Waals surface area contributed by atoms with Gasteiger partial charge in [0.05, 0.1) is 6.54 Å². The molecule has 4 nitrogen and oxygen atoms in total. The molecular weight excluding hydrogens is 192 g/mol. The number of ether oxygens (including phenoxy) is 2. The highest BCUT2D eigenvalue weighted by molar-refractivity contribution is 5.00. The standard InChI is InChI=1S/C11H22N2O2/c1-5-6-7-13-11(2,9-12)8-10(14-3)15-4/h10,13H,7-9,12H2,1-4H3. The molecule has 0 heterocycles. The van der Waals surface area contributed by atoms with Crippen LogP contribution in [0.15, 0.2) is 0 Å². The van der Waals surface area contributed by atoms with E-state index in [2.05, 4.69) is 17.2 Å². The average molecular weight is 214 g/mol. The zero-order valence-corrected chi connectivity index (χ0v) is 10.1. The van der Waals surface area contributed by atoms with Crippen LogP contribution in [0.3, 0.4) is 0 Å². The first-order chi connectivity index (χ1) is 7.11. The van der Waals surface area contributed by atoms with E-state index in [9.17, 15) is 0 Å². The zero-order chi connectivity index (χ0) is 11.7. The Hall–Kier alpha value is -0.600. The summed E-state index contributed by atoms with van der Waals surface area (Å²) < 4.78 is 10.3. The maximum atomic E-state index is 5.73. The van der Waals surface area contributed by atoms with Gasteiger partial charge in [-0.3, -0.25) is 5.32 Å². The molecule has 0 aliphatic rings. The molecule has 1 unspecified atom stereocenters. The number of hydrogen-bond acceptors (Lipinski definition) is 4. The molecule has 0 spiro atoms. The number of hydrogen-bond donors (Lipinski definition) is 2. The zero-order valence-electron chi connectivity index (χ0n) is 10.1. The van der Waals surface area contributed by atoms with Gasteiger partial charge in [-0.15, -0.1) is 5.92 Å². The van der Waals surface area contributed by atoms with Gasteiger partial charge in [-0.25, -0.2) is 0 Å². The van der Waals surface area contributed by atoms with Gasteiger partial charge in [0.1, 0.15) is 0 Å².